The van der Waals surface area contributed by atoms with Crippen LogP contribution in [0.15, 0.2) is 170 Å². The molecule has 0 aliphatic rings. The summed E-state index contributed by atoms with van der Waals surface area (Å²) in [6.45, 7) is 6.54. The molecule has 0 aliphatic heterocycles. The first-order valence-electron chi connectivity index (χ1n) is 20.8. The Kier molecular flexibility index (Phi) is 10.7. The van der Waals surface area contributed by atoms with Crippen LogP contribution in [-0.2, 0) is 20.1 Å². The van der Waals surface area contributed by atoms with Crippen molar-refractivity contribution >= 4 is 44.8 Å². The van der Waals surface area contributed by atoms with Crippen molar-refractivity contribution < 1.29 is 25.6 Å². The van der Waals surface area contributed by atoms with Crippen LogP contribution in [0.5, 0.6) is 0 Å². The second-order valence-electron chi connectivity index (χ2n) is 14.9. The van der Waals surface area contributed by atoms with E-state index in [-0.39, 0.29) is 25.7 Å². The van der Waals surface area contributed by atoms with E-state index in [0.29, 0.717) is 5.69 Å². The zero-order valence-corrected chi connectivity index (χ0v) is 36.5. The molecule has 0 fully saturated rings. The molecule has 1 radical (unpaired) electrons. The third-order valence-electron chi connectivity index (χ3n) is 10.1. The van der Waals surface area contributed by atoms with Crippen molar-refractivity contribution in [2.24, 2.45) is 0 Å². The van der Waals surface area contributed by atoms with Crippen molar-refractivity contribution in [3.63, 3.8) is 0 Å². The van der Waals surface area contributed by atoms with Crippen LogP contribution in [0.4, 0.5) is 0 Å². The Labute approximate surface area is 361 Å². The third-order valence-corrected chi connectivity index (χ3v) is 13.4. The molecule has 9 aromatic rings. The Hall–Kier alpha value is -5.29. The summed E-state index contributed by atoms with van der Waals surface area (Å²) >= 11 is 1.84. The molecule has 0 saturated heterocycles. The van der Waals surface area contributed by atoms with Crippen LogP contribution in [-0.4, -0.2) is 18.0 Å². The van der Waals surface area contributed by atoms with E-state index >= 15 is 0 Å². The predicted octanol–water partition coefficient (Wildman–Crippen LogP) is 13.8. The third kappa shape index (κ3) is 8.68. The molecular formula is C52H44IrN2SSi-2. The van der Waals surface area contributed by atoms with E-state index in [2.05, 4.69) is 128 Å². The zero-order valence-electron chi connectivity index (χ0n) is 36.3. The molecule has 3 heterocycles. The number of pyridine rings is 2. The molecule has 283 valence electrons. The number of aryl methyl sites for hydroxylation is 1. The van der Waals surface area contributed by atoms with E-state index in [4.69, 9.17) is 9.10 Å². The normalized spacial score (nSPS) is 13.5. The topological polar surface area (TPSA) is 25.8 Å². The first-order chi connectivity index (χ1) is 28.8. The van der Waals surface area contributed by atoms with E-state index < -0.39 is 20.8 Å². The van der Waals surface area contributed by atoms with Gasteiger partial charge in [-0.05, 0) is 66.1 Å². The van der Waals surface area contributed by atoms with Crippen molar-refractivity contribution in [2.45, 2.75) is 39.3 Å². The Balaban J connectivity index is 0.000000182. The van der Waals surface area contributed by atoms with Crippen molar-refractivity contribution in [1.29, 1.82) is 0 Å². The average Bonchev–Trinajstić information content (AvgIpc) is 3.66. The minimum atomic E-state index is -2.15. The first-order valence-corrected chi connectivity index (χ1v) is 23.1. The average molecular weight is 953 g/mol. The van der Waals surface area contributed by atoms with E-state index in [1.54, 1.807) is 12.1 Å². The summed E-state index contributed by atoms with van der Waals surface area (Å²) in [6, 6.07) is 59.3. The largest absolute Gasteiger partial charge is 0.305 e. The summed E-state index contributed by atoms with van der Waals surface area (Å²) in [5.74, 6) is -0.923. The SMILES string of the molecule is [2H]C([2H])([2H])c1c[c-]c(-c2cc(C([2H])(C)c3ccccc3)c([Si](C)(C)C)cn2)cc1.[Ir].[c-]1ccc2c(sc3c(-c4ccccc4)cccc32)c1-c1cc(-c2ccccc2)ccn1. The molecule has 0 amide bonds. The summed E-state index contributed by atoms with van der Waals surface area (Å²) in [5, 5.41) is 3.70. The van der Waals surface area contributed by atoms with Crippen molar-refractivity contribution in [1.82, 2.24) is 9.97 Å². The molecule has 1 unspecified atom stereocenters. The number of hydrogen-bond acceptors (Lipinski definition) is 3. The fraction of sp³-hybridized carbons (Fsp3) is 0.115. The summed E-state index contributed by atoms with van der Waals surface area (Å²) in [7, 11) is -1.75. The van der Waals surface area contributed by atoms with E-state index in [1.165, 1.54) is 48.5 Å². The minimum Gasteiger partial charge on any atom is -0.305 e. The van der Waals surface area contributed by atoms with Gasteiger partial charge in [0.15, 0.2) is 0 Å². The van der Waals surface area contributed by atoms with Crippen molar-refractivity contribution in [3.05, 3.63) is 199 Å². The number of aromatic nitrogens is 2. The van der Waals surface area contributed by atoms with Gasteiger partial charge in [0.2, 0.25) is 0 Å². The monoisotopic (exact) mass is 953 g/mol. The van der Waals surface area contributed by atoms with Gasteiger partial charge in [-0.2, -0.15) is 11.3 Å². The smallest absolute Gasteiger partial charge is 0.0799 e. The molecule has 2 nitrogen and oxygen atoms in total. The van der Waals surface area contributed by atoms with Gasteiger partial charge in [-0.1, -0.05) is 160 Å². The number of nitrogens with zero attached hydrogens (tertiary/aromatic N) is 2. The van der Waals surface area contributed by atoms with Crippen LogP contribution in [0.25, 0.3) is 64.9 Å². The van der Waals surface area contributed by atoms with Crippen molar-refractivity contribution in [3.8, 4) is 44.8 Å². The number of thiophene rings is 1. The van der Waals surface area contributed by atoms with E-state index in [0.717, 1.165) is 33.1 Å². The number of hydrogen-bond donors (Lipinski definition) is 0. The summed E-state index contributed by atoms with van der Waals surface area (Å²) in [5.41, 5.74) is 10.5. The second-order valence-corrected chi connectivity index (χ2v) is 20.9. The van der Waals surface area contributed by atoms with Crippen molar-refractivity contribution in [2.75, 3.05) is 0 Å². The van der Waals surface area contributed by atoms with Crippen LogP contribution in [0.2, 0.25) is 19.6 Å². The fourth-order valence-corrected chi connectivity index (χ4v) is 9.98. The maximum absolute atomic E-state index is 9.21. The number of benzene rings is 6. The summed E-state index contributed by atoms with van der Waals surface area (Å²) in [4.78, 5) is 9.37. The van der Waals surface area contributed by atoms with Gasteiger partial charge < -0.3 is 9.97 Å². The molecule has 57 heavy (non-hydrogen) atoms. The molecule has 5 heteroatoms. The predicted molar refractivity (Wildman–Crippen MR) is 242 cm³/mol. The fourth-order valence-electron chi connectivity index (χ4n) is 7.11. The van der Waals surface area contributed by atoms with Crippen LogP contribution < -0.4 is 5.19 Å². The van der Waals surface area contributed by atoms with Gasteiger partial charge in [0.25, 0.3) is 0 Å². The molecule has 0 bridgehead atoms. The van der Waals surface area contributed by atoms with Gasteiger partial charge in [0, 0.05) is 48.6 Å². The van der Waals surface area contributed by atoms with Gasteiger partial charge >= 0.3 is 0 Å². The Bertz CT molecular complexity index is 2910. The molecule has 1 atom stereocenters. The molecule has 0 aliphatic carbocycles. The minimum absolute atomic E-state index is 0. The maximum Gasteiger partial charge on any atom is 0.0799 e. The maximum atomic E-state index is 9.21. The van der Waals surface area contributed by atoms with Gasteiger partial charge in [-0.25, -0.2) is 0 Å². The van der Waals surface area contributed by atoms with E-state index in [9.17, 15) is 1.37 Å². The summed E-state index contributed by atoms with van der Waals surface area (Å²) < 4.78 is 34.4. The second kappa shape index (κ2) is 17.5. The first kappa shape index (κ1) is 34.9. The standard InChI is InChI=1S/C29H18NS.C23H26NSi.Ir/c1-3-9-20(10-4-1)22-17-18-30-27(19-22)26-16-8-15-25-24-14-7-13-23(28(24)31-29(25)26)21-11-5-2-6-12-21;1-17-11-13-20(14-12-17)22-15-21(23(16-24-22)25(3,4)5)18(2)19-9-7-6-8-10-19;/h1-15,17-19H;6-13,15-16,18H,1-5H3;/q2*-1;/i;1D3,18D;. The Morgan fingerprint density at radius 1 is 0.667 bits per heavy atom. The van der Waals surface area contributed by atoms with Gasteiger partial charge in [0.1, 0.15) is 0 Å². The quantitative estimate of drug-likeness (QED) is 0.118. The molecule has 9 rings (SSSR count). The summed E-state index contributed by atoms with van der Waals surface area (Å²) in [6.07, 6.45) is 3.80. The van der Waals surface area contributed by atoms with E-state index in [1.807, 2.05) is 79.2 Å². The molecule has 3 aromatic heterocycles. The molecular weight excluding hydrogens is 905 g/mol. The van der Waals surface area contributed by atoms with Crippen LogP contribution >= 0.6 is 11.3 Å². The molecule has 0 saturated carbocycles. The molecule has 0 spiro atoms. The van der Waals surface area contributed by atoms with Gasteiger partial charge in [-0.3, -0.25) is 0 Å². The molecule has 6 aromatic carbocycles. The van der Waals surface area contributed by atoms with Crippen LogP contribution in [0.3, 0.4) is 0 Å². The van der Waals surface area contributed by atoms with Gasteiger partial charge in [0.05, 0.1) is 8.07 Å². The Morgan fingerprint density at radius 2 is 1.37 bits per heavy atom. The Morgan fingerprint density at radius 3 is 2.05 bits per heavy atom. The van der Waals surface area contributed by atoms with Gasteiger partial charge in [-0.15, -0.1) is 59.2 Å². The number of rotatable bonds is 7. The molecule has 0 N–H and O–H groups in total. The van der Waals surface area contributed by atoms with Crippen LogP contribution in [0, 0.1) is 19.0 Å². The van der Waals surface area contributed by atoms with Crippen LogP contribution in [0.1, 0.15) is 35.0 Å². The number of fused-ring (bicyclic) bond motifs is 3. The zero-order chi connectivity index (χ0) is 42.1.